The molecule has 0 amide bonds. The summed E-state index contributed by atoms with van der Waals surface area (Å²) in [6.45, 7) is 1.99. The lowest BCUT2D eigenvalue weighted by Crippen LogP contribution is -2.42. The van der Waals surface area contributed by atoms with Crippen LogP contribution in [0.25, 0.3) is 0 Å². The van der Waals surface area contributed by atoms with E-state index in [-0.39, 0.29) is 0 Å². The Labute approximate surface area is 92.8 Å². The molecule has 0 aromatic heterocycles. The van der Waals surface area contributed by atoms with Crippen molar-refractivity contribution in [2.75, 3.05) is 20.3 Å². The van der Waals surface area contributed by atoms with Crippen LogP contribution in [0.3, 0.4) is 0 Å². The van der Waals surface area contributed by atoms with E-state index in [1.807, 2.05) is 0 Å². The van der Waals surface area contributed by atoms with Gasteiger partial charge >= 0.3 is 0 Å². The third-order valence-corrected chi connectivity index (χ3v) is 5.06. The summed E-state index contributed by atoms with van der Waals surface area (Å²) in [6.07, 6.45) is 7.31. The zero-order valence-electron chi connectivity index (χ0n) is 9.74. The summed E-state index contributed by atoms with van der Waals surface area (Å²) >= 11 is 0. The Kier molecular flexibility index (Phi) is 2.73. The van der Waals surface area contributed by atoms with Crippen molar-refractivity contribution in [2.24, 2.45) is 23.7 Å². The van der Waals surface area contributed by atoms with Crippen molar-refractivity contribution in [3.8, 4) is 0 Å². The molecular weight excluding hydrogens is 186 g/mol. The molecule has 15 heavy (non-hydrogen) atoms. The van der Waals surface area contributed by atoms with Crippen LogP contribution in [0.15, 0.2) is 0 Å². The molecule has 1 heterocycles. The lowest BCUT2D eigenvalue weighted by molar-refractivity contribution is 0.151. The Morgan fingerprint density at radius 3 is 2.67 bits per heavy atom. The summed E-state index contributed by atoms with van der Waals surface area (Å²) in [5.41, 5.74) is 0. The van der Waals surface area contributed by atoms with Gasteiger partial charge in [-0.15, -0.1) is 0 Å². The molecule has 2 aliphatic carbocycles. The smallest absolute Gasteiger partial charge is 0.0510 e. The highest BCUT2D eigenvalue weighted by Gasteiger charge is 2.45. The maximum Gasteiger partial charge on any atom is 0.0510 e. The Morgan fingerprint density at radius 2 is 2.13 bits per heavy atom. The van der Waals surface area contributed by atoms with E-state index in [2.05, 4.69) is 12.4 Å². The van der Waals surface area contributed by atoms with Crippen LogP contribution in [-0.2, 0) is 4.74 Å². The van der Waals surface area contributed by atoms with Crippen LogP contribution in [0.1, 0.15) is 32.1 Å². The van der Waals surface area contributed by atoms with E-state index in [4.69, 9.17) is 4.74 Å². The van der Waals surface area contributed by atoms with Crippen LogP contribution >= 0.6 is 0 Å². The minimum Gasteiger partial charge on any atom is -0.381 e. The van der Waals surface area contributed by atoms with Crippen LogP contribution in [-0.4, -0.2) is 26.3 Å². The monoisotopic (exact) mass is 209 g/mol. The minimum absolute atomic E-state index is 0.739. The predicted octanol–water partition coefficient (Wildman–Crippen LogP) is 2.05. The van der Waals surface area contributed by atoms with Gasteiger partial charge in [-0.3, -0.25) is 0 Å². The fraction of sp³-hybridized carbons (Fsp3) is 1.00. The first-order chi connectivity index (χ1) is 7.38. The van der Waals surface area contributed by atoms with Gasteiger partial charge in [0.25, 0.3) is 0 Å². The Bertz CT molecular complexity index is 225. The van der Waals surface area contributed by atoms with Gasteiger partial charge in [-0.25, -0.2) is 0 Å². The zero-order chi connectivity index (χ0) is 10.3. The normalized spacial score (nSPS) is 46.2. The third-order valence-electron chi connectivity index (χ3n) is 5.06. The van der Waals surface area contributed by atoms with E-state index in [0.717, 1.165) is 42.9 Å². The van der Waals surface area contributed by atoms with E-state index in [9.17, 15) is 0 Å². The van der Waals surface area contributed by atoms with Crippen molar-refractivity contribution in [1.82, 2.24) is 5.32 Å². The zero-order valence-corrected chi connectivity index (χ0v) is 9.74. The number of nitrogens with one attached hydrogen (secondary N) is 1. The molecule has 1 aliphatic heterocycles. The van der Waals surface area contributed by atoms with Gasteiger partial charge in [-0.05, 0) is 50.5 Å². The third kappa shape index (κ3) is 1.72. The topological polar surface area (TPSA) is 21.3 Å². The lowest BCUT2D eigenvalue weighted by Gasteiger charge is -2.33. The molecule has 2 bridgehead atoms. The van der Waals surface area contributed by atoms with E-state index in [1.54, 1.807) is 0 Å². The molecule has 3 fully saturated rings. The predicted molar refractivity (Wildman–Crippen MR) is 60.7 cm³/mol. The van der Waals surface area contributed by atoms with Crippen molar-refractivity contribution in [3.63, 3.8) is 0 Å². The second kappa shape index (κ2) is 4.06. The minimum atomic E-state index is 0.739. The molecule has 2 saturated carbocycles. The Morgan fingerprint density at radius 1 is 1.20 bits per heavy atom. The van der Waals surface area contributed by atoms with Gasteiger partial charge < -0.3 is 10.1 Å². The quantitative estimate of drug-likeness (QED) is 0.768. The lowest BCUT2D eigenvalue weighted by atomic mass is 9.78. The van der Waals surface area contributed by atoms with Crippen molar-refractivity contribution in [2.45, 2.75) is 38.1 Å². The van der Waals surface area contributed by atoms with Gasteiger partial charge in [-0.2, -0.15) is 0 Å². The molecule has 5 unspecified atom stereocenters. The van der Waals surface area contributed by atoms with Crippen molar-refractivity contribution >= 4 is 0 Å². The molecule has 1 saturated heterocycles. The van der Waals surface area contributed by atoms with Crippen molar-refractivity contribution in [1.29, 1.82) is 0 Å². The molecule has 0 radical (unpaired) electrons. The molecule has 3 aliphatic rings. The van der Waals surface area contributed by atoms with Gasteiger partial charge in [0.15, 0.2) is 0 Å². The molecule has 0 aromatic rings. The highest BCUT2D eigenvalue weighted by atomic mass is 16.5. The molecular formula is C13H23NO. The molecule has 2 heteroatoms. The van der Waals surface area contributed by atoms with E-state index in [0.29, 0.717) is 0 Å². The van der Waals surface area contributed by atoms with Crippen LogP contribution in [0.4, 0.5) is 0 Å². The van der Waals surface area contributed by atoms with Crippen LogP contribution in [0.5, 0.6) is 0 Å². The van der Waals surface area contributed by atoms with E-state index in [1.165, 1.54) is 32.1 Å². The van der Waals surface area contributed by atoms with Gasteiger partial charge in [-0.1, -0.05) is 6.42 Å². The summed E-state index contributed by atoms with van der Waals surface area (Å²) in [7, 11) is 2.15. The number of rotatable bonds is 3. The maximum atomic E-state index is 5.54. The summed E-state index contributed by atoms with van der Waals surface area (Å²) in [4.78, 5) is 0. The number of hydrogen-bond donors (Lipinski definition) is 1. The summed E-state index contributed by atoms with van der Waals surface area (Å²) in [5, 5.41) is 3.59. The SMILES string of the molecule is CNC(C1CCOC1)C1CC2CCC1C2. The molecule has 5 atom stereocenters. The molecule has 2 nitrogen and oxygen atoms in total. The largest absolute Gasteiger partial charge is 0.381 e. The fourth-order valence-corrected chi connectivity index (χ4v) is 4.37. The fourth-order valence-electron chi connectivity index (χ4n) is 4.37. The summed E-state index contributed by atoms with van der Waals surface area (Å²) in [6, 6.07) is 0.739. The van der Waals surface area contributed by atoms with Gasteiger partial charge in [0.2, 0.25) is 0 Å². The average Bonchev–Trinajstić information content (AvgIpc) is 2.94. The van der Waals surface area contributed by atoms with Crippen LogP contribution in [0.2, 0.25) is 0 Å². The molecule has 0 aromatic carbocycles. The second-order valence-electron chi connectivity index (χ2n) is 5.78. The molecule has 0 spiro atoms. The molecule has 1 N–H and O–H groups in total. The second-order valence-corrected chi connectivity index (χ2v) is 5.78. The van der Waals surface area contributed by atoms with E-state index < -0.39 is 0 Å². The first-order valence-corrected chi connectivity index (χ1v) is 6.63. The first kappa shape index (κ1) is 10.1. The Hall–Kier alpha value is -0.0800. The van der Waals surface area contributed by atoms with Crippen LogP contribution in [0, 0.1) is 23.7 Å². The van der Waals surface area contributed by atoms with E-state index >= 15 is 0 Å². The maximum absolute atomic E-state index is 5.54. The first-order valence-electron chi connectivity index (χ1n) is 6.63. The van der Waals surface area contributed by atoms with Crippen molar-refractivity contribution in [3.05, 3.63) is 0 Å². The van der Waals surface area contributed by atoms with Gasteiger partial charge in [0, 0.05) is 18.6 Å². The Balaban J connectivity index is 1.68. The number of ether oxygens (including phenoxy) is 1. The highest BCUT2D eigenvalue weighted by Crippen LogP contribution is 2.50. The number of hydrogen-bond acceptors (Lipinski definition) is 2. The van der Waals surface area contributed by atoms with Gasteiger partial charge in [0.05, 0.1) is 6.61 Å². The summed E-state index contributed by atoms with van der Waals surface area (Å²) < 4.78 is 5.54. The summed E-state index contributed by atoms with van der Waals surface area (Å²) in [5.74, 6) is 3.85. The van der Waals surface area contributed by atoms with Crippen molar-refractivity contribution < 1.29 is 4.74 Å². The van der Waals surface area contributed by atoms with Crippen LogP contribution < -0.4 is 5.32 Å². The highest BCUT2D eigenvalue weighted by molar-refractivity contribution is 4.97. The average molecular weight is 209 g/mol. The molecule has 86 valence electrons. The standard InChI is InChI=1S/C13H23NO/c1-14-13(11-4-5-15-8-11)12-7-9-2-3-10(12)6-9/h9-14H,2-8H2,1H3. The molecule has 3 rings (SSSR count). The number of fused-ring (bicyclic) bond motifs is 2. The van der Waals surface area contributed by atoms with Gasteiger partial charge in [0.1, 0.15) is 0 Å².